The van der Waals surface area contributed by atoms with Gasteiger partial charge in [0.05, 0.1) is 10.2 Å². The van der Waals surface area contributed by atoms with E-state index in [-0.39, 0.29) is 0 Å². The summed E-state index contributed by atoms with van der Waals surface area (Å²) in [7, 11) is 0. The highest BCUT2D eigenvalue weighted by molar-refractivity contribution is 14.1. The van der Waals surface area contributed by atoms with Crippen LogP contribution in [-0.2, 0) is 6.42 Å². The molecule has 0 unspecified atom stereocenters. The van der Waals surface area contributed by atoms with Crippen molar-refractivity contribution in [2.75, 3.05) is 6.61 Å². The van der Waals surface area contributed by atoms with Gasteiger partial charge in [0.15, 0.2) is 0 Å². The summed E-state index contributed by atoms with van der Waals surface area (Å²) in [6.45, 7) is 0.853. The molecule has 0 aliphatic carbocycles. The smallest absolute Gasteiger partial charge is 0.136 e. The third kappa shape index (κ3) is 1.49. The van der Waals surface area contributed by atoms with Crippen molar-refractivity contribution in [2.24, 2.45) is 0 Å². The molecule has 1 aromatic carbocycles. The molecule has 0 fully saturated rings. The Morgan fingerprint density at radius 1 is 1.27 bits per heavy atom. The summed E-state index contributed by atoms with van der Waals surface area (Å²) in [4.78, 5) is 0. The van der Waals surface area contributed by atoms with Gasteiger partial charge in [0.2, 0.25) is 0 Å². The van der Waals surface area contributed by atoms with Crippen LogP contribution in [0.5, 0.6) is 5.75 Å². The quantitative estimate of drug-likeness (QED) is 0.637. The number of benzene rings is 1. The molecule has 3 heteroatoms. The number of hydrogen-bond donors (Lipinski definition) is 0. The molecule has 2 rings (SSSR count). The Bertz CT molecular complexity index is 296. The summed E-state index contributed by atoms with van der Waals surface area (Å²) in [5.74, 6) is 1.10. The molecule has 0 aromatic heterocycles. The second-order valence-corrected chi connectivity index (χ2v) is 4.88. The molecule has 1 nitrogen and oxygen atoms in total. The van der Waals surface area contributed by atoms with Crippen molar-refractivity contribution in [1.82, 2.24) is 0 Å². The number of halogens is 2. The van der Waals surface area contributed by atoms with Crippen LogP contribution in [0.15, 0.2) is 12.1 Å². The van der Waals surface area contributed by atoms with Crippen molar-refractivity contribution in [3.05, 3.63) is 24.8 Å². The van der Waals surface area contributed by atoms with E-state index >= 15 is 0 Å². The molecule has 0 saturated carbocycles. The average Bonchev–Trinajstić information content (AvgIpc) is 2.34. The van der Waals surface area contributed by atoms with Crippen LogP contribution in [0, 0.1) is 7.14 Å². The largest absolute Gasteiger partial charge is 0.492 e. The number of ether oxygens (including phenoxy) is 1. The zero-order valence-electron chi connectivity index (χ0n) is 5.73. The predicted octanol–water partition coefficient (Wildman–Crippen LogP) is 2.83. The van der Waals surface area contributed by atoms with E-state index < -0.39 is 0 Å². The topological polar surface area (TPSA) is 9.23 Å². The van der Waals surface area contributed by atoms with Gasteiger partial charge in [-0.15, -0.1) is 0 Å². The Kier molecular flexibility index (Phi) is 2.27. The van der Waals surface area contributed by atoms with Crippen LogP contribution in [0.2, 0.25) is 0 Å². The van der Waals surface area contributed by atoms with Crippen molar-refractivity contribution in [3.8, 4) is 5.75 Å². The first-order chi connectivity index (χ1) is 5.27. The van der Waals surface area contributed by atoms with Gasteiger partial charge in [-0.2, -0.15) is 0 Å². The summed E-state index contributed by atoms with van der Waals surface area (Å²) in [5, 5.41) is 0. The summed E-state index contributed by atoms with van der Waals surface area (Å²) in [6, 6.07) is 4.34. The van der Waals surface area contributed by atoms with Gasteiger partial charge in [-0.1, -0.05) is 0 Å². The fourth-order valence-corrected chi connectivity index (χ4v) is 3.34. The lowest BCUT2D eigenvalue weighted by atomic mass is 10.2. The molecule has 1 aliphatic heterocycles. The van der Waals surface area contributed by atoms with E-state index in [1.54, 1.807) is 0 Å². The lowest BCUT2D eigenvalue weighted by molar-refractivity contribution is 0.354. The van der Waals surface area contributed by atoms with Gasteiger partial charge in [-0.25, -0.2) is 0 Å². The van der Waals surface area contributed by atoms with E-state index in [9.17, 15) is 0 Å². The zero-order chi connectivity index (χ0) is 7.84. The molecule has 1 heterocycles. The van der Waals surface area contributed by atoms with Gasteiger partial charge in [0.1, 0.15) is 5.75 Å². The number of fused-ring (bicyclic) bond motifs is 1. The fourth-order valence-electron chi connectivity index (χ4n) is 1.22. The maximum Gasteiger partial charge on any atom is 0.136 e. The Morgan fingerprint density at radius 2 is 2.09 bits per heavy atom. The summed E-state index contributed by atoms with van der Waals surface area (Å²) < 4.78 is 8.01. The van der Waals surface area contributed by atoms with Gasteiger partial charge in [0, 0.05) is 9.99 Å². The predicted molar refractivity (Wildman–Crippen MR) is 61.1 cm³/mol. The molecule has 1 aliphatic rings. The highest BCUT2D eigenvalue weighted by Crippen LogP contribution is 2.32. The molecular formula is C8H6I2O. The van der Waals surface area contributed by atoms with E-state index in [0.717, 1.165) is 18.8 Å². The first-order valence-electron chi connectivity index (χ1n) is 3.38. The first-order valence-corrected chi connectivity index (χ1v) is 5.54. The van der Waals surface area contributed by atoms with Crippen LogP contribution in [-0.4, -0.2) is 6.61 Å². The van der Waals surface area contributed by atoms with Crippen LogP contribution >= 0.6 is 45.2 Å². The zero-order valence-corrected chi connectivity index (χ0v) is 10.0. The Balaban J connectivity index is 2.60. The second kappa shape index (κ2) is 3.08. The van der Waals surface area contributed by atoms with E-state index in [4.69, 9.17) is 4.74 Å². The van der Waals surface area contributed by atoms with Gasteiger partial charge in [0.25, 0.3) is 0 Å². The fraction of sp³-hybridized carbons (Fsp3) is 0.250. The Labute approximate surface area is 92.8 Å². The first kappa shape index (κ1) is 8.10. The van der Waals surface area contributed by atoms with Crippen LogP contribution in [0.4, 0.5) is 0 Å². The van der Waals surface area contributed by atoms with E-state index in [2.05, 4.69) is 57.3 Å². The van der Waals surface area contributed by atoms with Crippen molar-refractivity contribution in [2.45, 2.75) is 6.42 Å². The molecule has 0 N–H and O–H groups in total. The Morgan fingerprint density at radius 3 is 2.91 bits per heavy atom. The van der Waals surface area contributed by atoms with E-state index in [1.165, 1.54) is 12.7 Å². The minimum atomic E-state index is 0.853. The van der Waals surface area contributed by atoms with Crippen LogP contribution in [0.3, 0.4) is 0 Å². The molecule has 0 bridgehead atoms. The third-order valence-corrected chi connectivity index (χ3v) is 3.13. The average molecular weight is 372 g/mol. The highest BCUT2D eigenvalue weighted by atomic mass is 127. The molecule has 0 saturated heterocycles. The number of rotatable bonds is 0. The van der Waals surface area contributed by atoms with E-state index in [1.807, 2.05) is 0 Å². The Hall–Kier alpha value is 0.480. The monoisotopic (exact) mass is 372 g/mol. The molecule has 58 valence electrons. The van der Waals surface area contributed by atoms with Crippen molar-refractivity contribution >= 4 is 45.2 Å². The normalized spacial score (nSPS) is 14.4. The van der Waals surface area contributed by atoms with Gasteiger partial charge in [-0.3, -0.25) is 0 Å². The van der Waals surface area contributed by atoms with Crippen LogP contribution < -0.4 is 4.74 Å². The molecule has 0 amide bonds. The van der Waals surface area contributed by atoms with Crippen molar-refractivity contribution in [3.63, 3.8) is 0 Å². The maximum atomic E-state index is 5.47. The molecular weight excluding hydrogens is 366 g/mol. The molecule has 0 radical (unpaired) electrons. The minimum absolute atomic E-state index is 0.853. The van der Waals surface area contributed by atoms with Crippen LogP contribution in [0.25, 0.3) is 0 Å². The standard InChI is InChI=1S/C8H6I2O/c9-6-3-5-1-2-11-8(5)7(10)4-6/h3-4H,1-2H2. The minimum Gasteiger partial charge on any atom is -0.492 e. The molecule has 1 aromatic rings. The lowest BCUT2D eigenvalue weighted by Gasteiger charge is -2.01. The maximum absolute atomic E-state index is 5.47. The lowest BCUT2D eigenvalue weighted by Crippen LogP contribution is -1.87. The third-order valence-electron chi connectivity index (χ3n) is 1.70. The van der Waals surface area contributed by atoms with Gasteiger partial charge < -0.3 is 4.74 Å². The van der Waals surface area contributed by atoms with Crippen LogP contribution in [0.1, 0.15) is 5.56 Å². The summed E-state index contributed by atoms with van der Waals surface area (Å²) >= 11 is 4.66. The molecule has 0 atom stereocenters. The molecule has 0 spiro atoms. The van der Waals surface area contributed by atoms with Gasteiger partial charge in [-0.05, 0) is 62.9 Å². The highest BCUT2D eigenvalue weighted by Gasteiger charge is 2.15. The van der Waals surface area contributed by atoms with Gasteiger partial charge >= 0.3 is 0 Å². The second-order valence-electron chi connectivity index (χ2n) is 2.47. The molecule has 11 heavy (non-hydrogen) atoms. The van der Waals surface area contributed by atoms with E-state index in [0.29, 0.717) is 0 Å². The number of hydrogen-bond acceptors (Lipinski definition) is 1. The van der Waals surface area contributed by atoms with Crippen molar-refractivity contribution in [1.29, 1.82) is 0 Å². The SMILES string of the molecule is Ic1cc(I)c2c(c1)CCO2. The van der Waals surface area contributed by atoms with Crippen molar-refractivity contribution < 1.29 is 4.74 Å². The summed E-state index contributed by atoms with van der Waals surface area (Å²) in [5.41, 5.74) is 1.36. The summed E-state index contributed by atoms with van der Waals surface area (Å²) in [6.07, 6.45) is 1.07.